The third kappa shape index (κ3) is 3.13. The number of nitrogens with zero attached hydrogens (tertiary/aromatic N) is 2. The second kappa shape index (κ2) is 6.58. The molecule has 1 aliphatic rings. The van der Waals surface area contributed by atoms with Gasteiger partial charge in [-0.05, 0) is 13.3 Å². The summed E-state index contributed by atoms with van der Waals surface area (Å²) in [7, 11) is 1.54. The Labute approximate surface area is 107 Å². The summed E-state index contributed by atoms with van der Waals surface area (Å²) in [6, 6.07) is -0.973. The van der Waals surface area contributed by atoms with Crippen molar-refractivity contribution in [1.82, 2.24) is 9.80 Å². The van der Waals surface area contributed by atoms with Crippen LogP contribution >= 0.6 is 0 Å². The van der Waals surface area contributed by atoms with Gasteiger partial charge in [0.15, 0.2) is 0 Å². The summed E-state index contributed by atoms with van der Waals surface area (Å²) in [5.74, 6) is -0.963. The molecule has 0 bridgehead atoms. The number of likely N-dealkylation sites (tertiary alicyclic amines) is 1. The van der Waals surface area contributed by atoms with Gasteiger partial charge in [0.25, 0.3) is 0 Å². The Morgan fingerprint density at radius 3 is 2.56 bits per heavy atom. The molecule has 6 heteroatoms. The van der Waals surface area contributed by atoms with Crippen LogP contribution in [0.3, 0.4) is 0 Å². The minimum absolute atomic E-state index is 0.185. The molecule has 0 aromatic rings. The van der Waals surface area contributed by atoms with Crippen molar-refractivity contribution >= 4 is 12.0 Å². The van der Waals surface area contributed by atoms with Crippen LogP contribution in [0.15, 0.2) is 0 Å². The lowest BCUT2D eigenvalue weighted by Gasteiger charge is -2.29. The van der Waals surface area contributed by atoms with Crippen LogP contribution in [-0.4, -0.2) is 65.8 Å². The first-order chi connectivity index (χ1) is 8.54. The maximum Gasteiger partial charge on any atom is 0.326 e. The number of carboxylic acid groups (broad SMARTS) is 1. The number of amides is 2. The summed E-state index contributed by atoms with van der Waals surface area (Å²) in [5.41, 5.74) is 0. The third-order valence-electron chi connectivity index (χ3n) is 3.27. The summed E-state index contributed by atoms with van der Waals surface area (Å²) in [5, 5.41) is 9.16. The van der Waals surface area contributed by atoms with E-state index >= 15 is 0 Å². The largest absolute Gasteiger partial charge is 0.480 e. The molecule has 1 N–H and O–H groups in total. The van der Waals surface area contributed by atoms with Crippen LogP contribution < -0.4 is 0 Å². The number of carbonyl (C=O) groups is 2. The minimum Gasteiger partial charge on any atom is -0.480 e. The molecule has 1 rings (SSSR count). The van der Waals surface area contributed by atoms with Crippen LogP contribution in [0.25, 0.3) is 0 Å². The maximum atomic E-state index is 12.3. The van der Waals surface area contributed by atoms with Gasteiger partial charge in [0, 0.05) is 33.2 Å². The topological polar surface area (TPSA) is 70.1 Å². The quantitative estimate of drug-likeness (QED) is 0.799. The van der Waals surface area contributed by atoms with E-state index in [1.165, 1.54) is 4.90 Å². The van der Waals surface area contributed by atoms with Crippen molar-refractivity contribution < 1.29 is 19.4 Å². The molecule has 2 unspecified atom stereocenters. The molecule has 1 fully saturated rings. The molecule has 0 aromatic carbocycles. The number of urea groups is 1. The summed E-state index contributed by atoms with van der Waals surface area (Å²) < 4.78 is 5.17. The molecule has 104 valence electrons. The highest BCUT2D eigenvalue weighted by Crippen LogP contribution is 2.21. The Bertz CT molecular complexity index is 308. The number of aliphatic carboxylic acids is 1. The molecule has 1 saturated heterocycles. The van der Waals surface area contributed by atoms with E-state index in [0.29, 0.717) is 26.1 Å². The van der Waals surface area contributed by atoms with E-state index in [2.05, 4.69) is 0 Å². The number of rotatable bonds is 5. The van der Waals surface area contributed by atoms with E-state index in [1.807, 2.05) is 13.8 Å². The maximum absolute atomic E-state index is 12.3. The first kappa shape index (κ1) is 14.8. The number of carbonyl (C=O) groups excluding carboxylic acids is 1. The van der Waals surface area contributed by atoms with Crippen LogP contribution in [0.1, 0.15) is 26.7 Å². The van der Waals surface area contributed by atoms with Crippen molar-refractivity contribution in [3.05, 3.63) is 0 Å². The van der Waals surface area contributed by atoms with E-state index in [1.54, 1.807) is 12.0 Å². The Balaban J connectivity index is 2.78. The highest BCUT2D eigenvalue weighted by atomic mass is 16.5. The lowest BCUT2D eigenvalue weighted by Crippen LogP contribution is -2.48. The van der Waals surface area contributed by atoms with E-state index < -0.39 is 12.0 Å². The molecule has 0 aliphatic carbocycles. The molecule has 0 spiro atoms. The smallest absolute Gasteiger partial charge is 0.326 e. The lowest BCUT2D eigenvalue weighted by molar-refractivity contribution is -0.141. The van der Waals surface area contributed by atoms with E-state index in [4.69, 9.17) is 9.84 Å². The van der Waals surface area contributed by atoms with Crippen molar-refractivity contribution in [3.63, 3.8) is 0 Å². The van der Waals surface area contributed by atoms with Gasteiger partial charge in [-0.2, -0.15) is 0 Å². The van der Waals surface area contributed by atoms with Gasteiger partial charge in [-0.15, -0.1) is 0 Å². The van der Waals surface area contributed by atoms with E-state index in [0.717, 1.165) is 6.42 Å². The zero-order chi connectivity index (χ0) is 13.7. The number of ether oxygens (including phenoxy) is 1. The van der Waals surface area contributed by atoms with Gasteiger partial charge < -0.3 is 19.6 Å². The molecule has 0 aromatic heterocycles. The van der Waals surface area contributed by atoms with Crippen LogP contribution in [0, 0.1) is 0 Å². The predicted octanol–water partition coefficient (Wildman–Crippen LogP) is 1.01. The van der Waals surface area contributed by atoms with Crippen molar-refractivity contribution in [3.8, 4) is 0 Å². The van der Waals surface area contributed by atoms with Crippen molar-refractivity contribution in [2.24, 2.45) is 0 Å². The molecular formula is C12H22N2O4. The SMILES string of the molecule is CCCN(CC)C(=O)N1CC(OC)CC1C(=O)O. The second-order valence-corrected chi connectivity index (χ2v) is 4.46. The fraction of sp³-hybridized carbons (Fsp3) is 0.833. The normalized spacial score (nSPS) is 23.2. The third-order valence-corrected chi connectivity index (χ3v) is 3.27. The summed E-state index contributed by atoms with van der Waals surface area (Å²) >= 11 is 0. The van der Waals surface area contributed by atoms with E-state index in [-0.39, 0.29) is 12.1 Å². The van der Waals surface area contributed by atoms with Crippen LogP contribution in [0.4, 0.5) is 4.79 Å². The molecule has 0 radical (unpaired) electrons. The van der Waals surface area contributed by atoms with Crippen LogP contribution in [0.2, 0.25) is 0 Å². The standard InChI is InChI=1S/C12H22N2O4/c1-4-6-13(5-2)12(17)14-8-9(18-3)7-10(14)11(15)16/h9-10H,4-8H2,1-3H3,(H,15,16). The molecule has 0 saturated carbocycles. The van der Waals surface area contributed by atoms with Crippen molar-refractivity contribution in [2.45, 2.75) is 38.8 Å². The average Bonchev–Trinajstić information content (AvgIpc) is 2.79. The first-order valence-corrected chi connectivity index (χ1v) is 6.36. The highest BCUT2D eigenvalue weighted by molar-refractivity contribution is 5.83. The average molecular weight is 258 g/mol. The number of methoxy groups -OCH3 is 1. The van der Waals surface area contributed by atoms with Gasteiger partial charge in [-0.25, -0.2) is 9.59 Å². The monoisotopic (exact) mass is 258 g/mol. The highest BCUT2D eigenvalue weighted by Gasteiger charge is 2.41. The molecule has 1 aliphatic heterocycles. The number of hydrogen-bond donors (Lipinski definition) is 1. The number of carboxylic acids is 1. The summed E-state index contributed by atoms with van der Waals surface area (Å²) in [6.07, 6.45) is 1.04. The fourth-order valence-electron chi connectivity index (χ4n) is 2.25. The lowest BCUT2D eigenvalue weighted by atomic mass is 10.2. The van der Waals surface area contributed by atoms with Gasteiger partial charge in [-0.3, -0.25) is 0 Å². The van der Waals surface area contributed by atoms with Gasteiger partial charge >= 0.3 is 12.0 Å². The van der Waals surface area contributed by atoms with E-state index in [9.17, 15) is 9.59 Å². The van der Waals surface area contributed by atoms with Gasteiger partial charge in [0.05, 0.1) is 6.10 Å². The van der Waals surface area contributed by atoms with Gasteiger partial charge in [0.1, 0.15) is 6.04 Å². The molecule has 6 nitrogen and oxygen atoms in total. The van der Waals surface area contributed by atoms with Gasteiger partial charge in [-0.1, -0.05) is 6.92 Å². The van der Waals surface area contributed by atoms with Crippen LogP contribution in [-0.2, 0) is 9.53 Å². The Morgan fingerprint density at radius 2 is 2.11 bits per heavy atom. The zero-order valence-electron chi connectivity index (χ0n) is 11.3. The van der Waals surface area contributed by atoms with Gasteiger partial charge in [0.2, 0.25) is 0 Å². The van der Waals surface area contributed by atoms with Crippen molar-refractivity contribution in [2.75, 3.05) is 26.7 Å². The molecule has 2 atom stereocenters. The van der Waals surface area contributed by atoms with Crippen molar-refractivity contribution in [1.29, 1.82) is 0 Å². The zero-order valence-corrected chi connectivity index (χ0v) is 11.3. The minimum atomic E-state index is -0.963. The fourth-order valence-corrected chi connectivity index (χ4v) is 2.25. The predicted molar refractivity (Wildman–Crippen MR) is 66.5 cm³/mol. The Hall–Kier alpha value is -1.30. The first-order valence-electron chi connectivity index (χ1n) is 6.36. The summed E-state index contributed by atoms with van der Waals surface area (Å²) in [6.45, 7) is 5.48. The van der Waals surface area contributed by atoms with Crippen LogP contribution in [0.5, 0.6) is 0 Å². The molecule has 2 amide bonds. The molecule has 18 heavy (non-hydrogen) atoms. The molecule has 1 heterocycles. The molecular weight excluding hydrogens is 236 g/mol. The Morgan fingerprint density at radius 1 is 1.44 bits per heavy atom. The second-order valence-electron chi connectivity index (χ2n) is 4.46. The Kier molecular flexibility index (Phi) is 5.40. The summed E-state index contributed by atoms with van der Waals surface area (Å²) in [4.78, 5) is 26.5. The number of hydrogen-bond acceptors (Lipinski definition) is 3.